The van der Waals surface area contributed by atoms with E-state index in [0.717, 1.165) is 56.0 Å². The van der Waals surface area contributed by atoms with Gasteiger partial charge in [0.05, 0.1) is 17.3 Å². The Morgan fingerprint density at radius 3 is 2.36 bits per heavy atom. The van der Waals surface area contributed by atoms with Crippen LogP contribution in [0.2, 0.25) is 0 Å². The molecule has 0 radical (unpaired) electrons. The Hall–Kier alpha value is -3.20. The second kappa shape index (κ2) is 8.62. The molecule has 0 N–H and O–H groups in total. The average Bonchev–Trinajstić information content (AvgIpc) is 3.25. The number of piperidine rings is 1. The largest absolute Gasteiger partial charge is 0.490 e. The summed E-state index contributed by atoms with van der Waals surface area (Å²) in [6.07, 6.45) is 6.23. The molecule has 172 valence electrons. The van der Waals surface area contributed by atoms with Crippen LogP contribution >= 0.6 is 0 Å². The summed E-state index contributed by atoms with van der Waals surface area (Å²) in [5.41, 5.74) is 3.23. The zero-order valence-corrected chi connectivity index (χ0v) is 19.1. The highest BCUT2D eigenvalue weighted by molar-refractivity contribution is 7.90. The first-order chi connectivity index (χ1) is 15.9. The van der Waals surface area contributed by atoms with Crippen molar-refractivity contribution in [2.45, 2.75) is 30.3 Å². The normalized spacial score (nSPS) is 16.7. The van der Waals surface area contributed by atoms with Gasteiger partial charge in [-0.15, -0.1) is 0 Å². The van der Waals surface area contributed by atoms with Gasteiger partial charge in [0.1, 0.15) is 11.9 Å². The van der Waals surface area contributed by atoms with Crippen LogP contribution in [0.25, 0.3) is 0 Å². The van der Waals surface area contributed by atoms with Crippen molar-refractivity contribution in [3.63, 3.8) is 0 Å². The van der Waals surface area contributed by atoms with Gasteiger partial charge in [-0.25, -0.2) is 22.8 Å². The van der Waals surface area contributed by atoms with E-state index in [0.29, 0.717) is 10.8 Å². The minimum Gasteiger partial charge on any atom is -0.490 e. The smallest absolute Gasteiger partial charge is 0.225 e. The summed E-state index contributed by atoms with van der Waals surface area (Å²) in [5, 5.41) is 0. The third-order valence-corrected chi connectivity index (χ3v) is 7.31. The van der Waals surface area contributed by atoms with E-state index >= 15 is 0 Å². The molecule has 2 aromatic carbocycles. The summed E-state index contributed by atoms with van der Waals surface area (Å²) in [6.45, 7) is 2.32. The van der Waals surface area contributed by atoms with Gasteiger partial charge in [-0.3, -0.25) is 0 Å². The van der Waals surface area contributed by atoms with Crippen molar-refractivity contribution in [2.75, 3.05) is 35.7 Å². The van der Waals surface area contributed by atoms with Gasteiger partial charge >= 0.3 is 0 Å². The number of nitrogens with zero attached hydrogens (tertiary/aromatic N) is 4. The monoisotopic (exact) mass is 468 g/mol. The van der Waals surface area contributed by atoms with Gasteiger partial charge < -0.3 is 14.5 Å². The number of aromatic nitrogens is 2. The molecule has 5 rings (SSSR count). The van der Waals surface area contributed by atoms with Gasteiger partial charge in [-0.1, -0.05) is 6.07 Å². The first kappa shape index (κ1) is 21.6. The van der Waals surface area contributed by atoms with E-state index in [9.17, 15) is 12.8 Å². The molecule has 7 nitrogen and oxygen atoms in total. The Kier molecular flexibility index (Phi) is 5.65. The van der Waals surface area contributed by atoms with Crippen LogP contribution in [0, 0.1) is 5.82 Å². The zero-order valence-electron chi connectivity index (χ0n) is 18.3. The van der Waals surface area contributed by atoms with Crippen LogP contribution in [0.1, 0.15) is 18.4 Å². The van der Waals surface area contributed by atoms with Crippen LogP contribution in [0.5, 0.6) is 5.75 Å². The highest BCUT2D eigenvalue weighted by Crippen LogP contribution is 2.40. The molecule has 1 saturated heterocycles. The summed E-state index contributed by atoms with van der Waals surface area (Å²) in [7, 11) is -3.22. The number of hydrogen-bond donors (Lipinski definition) is 0. The molecule has 3 aromatic rings. The maximum Gasteiger partial charge on any atom is 0.225 e. The predicted octanol–water partition coefficient (Wildman–Crippen LogP) is 3.76. The molecule has 1 aromatic heterocycles. The van der Waals surface area contributed by atoms with Crippen LogP contribution in [-0.2, 0) is 16.3 Å². The lowest BCUT2D eigenvalue weighted by atomic mass is 10.1. The van der Waals surface area contributed by atoms with Crippen molar-refractivity contribution in [3.05, 3.63) is 66.2 Å². The van der Waals surface area contributed by atoms with E-state index < -0.39 is 15.7 Å². The van der Waals surface area contributed by atoms with Crippen molar-refractivity contribution in [2.24, 2.45) is 0 Å². The Morgan fingerprint density at radius 1 is 1.00 bits per heavy atom. The zero-order chi connectivity index (χ0) is 23.0. The highest BCUT2D eigenvalue weighted by atomic mass is 32.2. The van der Waals surface area contributed by atoms with E-state index in [1.807, 2.05) is 24.3 Å². The number of rotatable bonds is 5. The fraction of sp³-hybridized carbons (Fsp3) is 0.333. The summed E-state index contributed by atoms with van der Waals surface area (Å²) in [5.74, 6) is 1.02. The molecule has 0 aliphatic carbocycles. The van der Waals surface area contributed by atoms with E-state index in [1.165, 1.54) is 24.2 Å². The summed E-state index contributed by atoms with van der Waals surface area (Å²) >= 11 is 0. The van der Waals surface area contributed by atoms with Crippen LogP contribution in [0.4, 0.5) is 21.7 Å². The van der Waals surface area contributed by atoms with E-state index in [4.69, 9.17) is 4.74 Å². The molecule has 0 bridgehead atoms. The number of ether oxygens (including phenoxy) is 1. The molecule has 0 atom stereocenters. The maximum atomic E-state index is 13.1. The number of hydrogen-bond acceptors (Lipinski definition) is 7. The lowest BCUT2D eigenvalue weighted by Crippen LogP contribution is -2.39. The number of halogens is 1. The molecule has 0 saturated carbocycles. The number of anilines is 3. The maximum absolute atomic E-state index is 13.1. The molecule has 9 heteroatoms. The SMILES string of the molecule is CS(=O)(=O)c1ccc(N2CCc3c(OC4CCN(c5ncc(F)cn5)CC4)cccc32)cc1. The number of fused-ring (bicyclic) bond motifs is 1. The number of benzene rings is 2. The van der Waals surface area contributed by atoms with Crippen LogP contribution in [-0.4, -0.2) is 50.4 Å². The first-order valence-electron chi connectivity index (χ1n) is 11.0. The fourth-order valence-corrected chi connectivity index (χ4v) is 5.11. The Balaban J connectivity index is 1.27. The second-order valence-electron chi connectivity index (χ2n) is 8.43. The molecule has 1 fully saturated rings. The van der Waals surface area contributed by atoms with E-state index in [-0.39, 0.29) is 6.10 Å². The van der Waals surface area contributed by atoms with E-state index in [1.54, 1.807) is 12.1 Å². The summed E-state index contributed by atoms with van der Waals surface area (Å²) in [4.78, 5) is 12.7. The van der Waals surface area contributed by atoms with E-state index in [2.05, 4.69) is 25.8 Å². The Bertz CT molecular complexity index is 1240. The molecule has 33 heavy (non-hydrogen) atoms. The minimum absolute atomic E-state index is 0.0938. The van der Waals surface area contributed by atoms with Gasteiger partial charge in [-0.05, 0) is 42.8 Å². The summed E-state index contributed by atoms with van der Waals surface area (Å²) < 4.78 is 43.0. The van der Waals surface area contributed by atoms with Gasteiger partial charge in [-0.2, -0.15) is 0 Å². The van der Waals surface area contributed by atoms with Gasteiger partial charge in [0.25, 0.3) is 0 Å². The van der Waals surface area contributed by atoms with Crippen molar-refractivity contribution in [3.8, 4) is 5.75 Å². The quantitative estimate of drug-likeness (QED) is 0.564. The lowest BCUT2D eigenvalue weighted by molar-refractivity contribution is 0.169. The highest BCUT2D eigenvalue weighted by Gasteiger charge is 2.27. The van der Waals surface area contributed by atoms with Crippen LogP contribution < -0.4 is 14.5 Å². The molecular formula is C24H25FN4O3S. The Labute approximate surface area is 192 Å². The van der Waals surface area contributed by atoms with Gasteiger partial charge in [0.15, 0.2) is 15.7 Å². The Morgan fingerprint density at radius 2 is 1.70 bits per heavy atom. The third-order valence-electron chi connectivity index (χ3n) is 6.19. The van der Waals surface area contributed by atoms with Gasteiger partial charge in [0.2, 0.25) is 5.95 Å². The third kappa shape index (κ3) is 4.50. The molecular weight excluding hydrogens is 443 g/mol. The minimum atomic E-state index is -3.22. The topological polar surface area (TPSA) is 75.6 Å². The molecule has 3 heterocycles. The standard InChI is InChI=1S/C24H25FN4O3S/c1-33(30,31)20-7-5-18(6-8-20)29-14-11-21-22(29)3-2-4-23(21)32-19-9-12-28(13-10-19)24-26-15-17(25)16-27-24/h2-8,15-16,19H,9-14H2,1H3. The number of sulfone groups is 1. The predicted molar refractivity (Wildman–Crippen MR) is 125 cm³/mol. The molecule has 2 aliphatic heterocycles. The molecule has 0 amide bonds. The fourth-order valence-electron chi connectivity index (χ4n) is 4.48. The van der Waals surface area contributed by atoms with Gasteiger partial charge in [0, 0.05) is 55.7 Å². The second-order valence-corrected chi connectivity index (χ2v) is 10.4. The summed E-state index contributed by atoms with van der Waals surface area (Å²) in [6, 6.07) is 13.1. The van der Waals surface area contributed by atoms with Crippen LogP contribution in [0.15, 0.2) is 59.8 Å². The van der Waals surface area contributed by atoms with Crippen molar-refractivity contribution in [1.82, 2.24) is 9.97 Å². The molecule has 2 aliphatic rings. The van der Waals surface area contributed by atoms with Crippen molar-refractivity contribution < 1.29 is 17.5 Å². The first-order valence-corrected chi connectivity index (χ1v) is 12.9. The van der Waals surface area contributed by atoms with Crippen molar-refractivity contribution in [1.29, 1.82) is 0 Å². The molecule has 0 unspecified atom stereocenters. The van der Waals surface area contributed by atoms with Crippen LogP contribution in [0.3, 0.4) is 0 Å². The molecule has 0 spiro atoms. The lowest BCUT2D eigenvalue weighted by Gasteiger charge is -2.32. The average molecular weight is 469 g/mol. The van der Waals surface area contributed by atoms with Crippen molar-refractivity contribution >= 4 is 27.2 Å².